The average molecular weight is 768 g/mol. The molecule has 0 amide bonds. The summed E-state index contributed by atoms with van der Waals surface area (Å²) in [5, 5.41) is 3.52. The van der Waals surface area contributed by atoms with Crippen LogP contribution in [0.4, 0.5) is 4.39 Å². The Hall–Kier alpha value is -3.44. The zero-order chi connectivity index (χ0) is 32.5. The van der Waals surface area contributed by atoms with Crippen LogP contribution < -0.4 is 5.19 Å². The van der Waals surface area contributed by atoms with Gasteiger partial charge in [0.1, 0.15) is 5.58 Å². The Morgan fingerprint density at radius 3 is 2.40 bits per heavy atom. The monoisotopic (exact) mass is 768 g/mol. The van der Waals surface area contributed by atoms with Crippen molar-refractivity contribution in [1.82, 2.24) is 9.97 Å². The fraction of sp³-hybridized carbons (Fsp3) is 0.243. The molecule has 0 atom stereocenters. The van der Waals surface area contributed by atoms with Gasteiger partial charge in [0.05, 0.1) is 13.7 Å². The number of hydrogen-bond donors (Lipinski definition) is 0. The van der Waals surface area contributed by atoms with Gasteiger partial charge in [-0.15, -0.1) is 42.0 Å². The maximum Gasteiger partial charge on any atom is 0.120 e. The van der Waals surface area contributed by atoms with E-state index < -0.39 is 20.7 Å². The van der Waals surface area contributed by atoms with E-state index in [4.69, 9.17) is 8.53 Å². The van der Waals surface area contributed by atoms with Gasteiger partial charge < -0.3 is 14.4 Å². The summed E-state index contributed by atoms with van der Waals surface area (Å²) in [7, 11) is -1.56. The van der Waals surface area contributed by atoms with E-state index in [-0.39, 0.29) is 31.2 Å². The summed E-state index contributed by atoms with van der Waals surface area (Å²) >= 11 is 0. The first-order valence-corrected chi connectivity index (χ1v) is 17.7. The van der Waals surface area contributed by atoms with Gasteiger partial charge >= 0.3 is 0 Å². The molecule has 6 rings (SSSR count). The number of benzene rings is 3. The van der Waals surface area contributed by atoms with Crippen molar-refractivity contribution in [3.8, 4) is 22.5 Å². The molecule has 3 aromatic heterocycles. The standard InChI is InChI=1S/C19H25FNSi.C18H12NO.Ir/c1-13(2)9-15-11-18(21-12-19(15)22(4,5)6)16-8-7-14(3)10-17(16)20;1-12-9-10-19-16(11-12)15-7-4-6-14-13-5-2-3-8-17(13)20-18(14)15;/h7,10-13H,9H2,1-6H3;2-6,8-11H,1H3;/q2*-1;/i3D3;;. The molecule has 0 saturated carbocycles. The van der Waals surface area contributed by atoms with E-state index in [1.54, 1.807) is 0 Å². The number of aryl methyl sites for hydroxylation is 2. The van der Waals surface area contributed by atoms with Crippen molar-refractivity contribution >= 4 is 35.2 Å². The van der Waals surface area contributed by atoms with Gasteiger partial charge in [0.15, 0.2) is 0 Å². The number of furan rings is 1. The number of rotatable bonds is 5. The third-order valence-electron chi connectivity index (χ3n) is 7.09. The third kappa shape index (κ3) is 7.38. The van der Waals surface area contributed by atoms with Gasteiger partial charge in [-0.1, -0.05) is 98.3 Å². The molecule has 0 bridgehead atoms. The van der Waals surface area contributed by atoms with Crippen LogP contribution in [0.3, 0.4) is 0 Å². The van der Waals surface area contributed by atoms with E-state index in [1.165, 1.54) is 22.4 Å². The molecule has 3 aromatic carbocycles. The normalized spacial score (nSPS) is 12.7. The van der Waals surface area contributed by atoms with E-state index in [0.29, 0.717) is 11.6 Å². The van der Waals surface area contributed by atoms with Gasteiger partial charge in [0.25, 0.3) is 0 Å². The van der Waals surface area contributed by atoms with E-state index in [1.807, 2.05) is 54.9 Å². The SMILES string of the molecule is Cc1ccnc(-c2[c-]ccc3c2oc2ccccc23)c1.[2H]C([2H])([2H])c1c[c-]c(-c2cc(CC(C)C)c([Si](C)(C)C)cn2)c(F)c1.[Ir]. The van der Waals surface area contributed by atoms with Crippen molar-refractivity contribution < 1.29 is 33.0 Å². The Labute approximate surface area is 273 Å². The molecule has 1 radical (unpaired) electrons. The van der Waals surface area contributed by atoms with Crippen LogP contribution in [0.2, 0.25) is 19.6 Å². The fourth-order valence-corrected chi connectivity index (χ4v) is 6.73. The summed E-state index contributed by atoms with van der Waals surface area (Å²) in [6.45, 7) is 10.8. The average Bonchev–Trinajstić information content (AvgIpc) is 3.35. The first-order chi connectivity index (χ1) is 21.2. The molecule has 0 aliphatic carbocycles. The Bertz CT molecular complexity index is 1980. The molecule has 0 aliphatic rings. The van der Waals surface area contributed by atoms with Gasteiger partial charge in [-0.05, 0) is 48.0 Å². The zero-order valence-corrected chi connectivity index (χ0v) is 28.7. The Morgan fingerprint density at radius 2 is 1.70 bits per heavy atom. The summed E-state index contributed by atoms with van der Waals surface area (Å²) in [6, 6.07) is 26.5. The molecular weight excluding hydrogens is 728 g/mol. The van der Waals surface area contributed by atoms with Crippen molar-refractivity contribution in [1.29, 1.82) is 0 Å². The van der Waals surface area contributed by atoms with Gasteiger partial charge in [-0.2, -0.15) is 0 Å². The van der Waals surface area contributed by atoms with Crippen molar-refractivity contribution in [3.05, 3.63) is 114 Å². The number of nitrogens with zero attached hydrogens (tertiary/aromatic N) is 2. The number of fused-ring (bicyclic) bond motifs is 3. The van der Waals surface area contributed by atoms with Crippen LogP contribution in [-0.4, -0.2) is 18.0 Å². The summed E-state index contributed by atoms with van der Waals surface area (Å²) in [6.07, 6.45) is 4.59. The molecule has 6 heteroatoms. The van der Waals surface area contributed by atoms with Gasteiger partial charge in [0, 0.05) is 47.8 Å². The number of para-hydroxylation sites is 1. The fourth-order valence-electron chi connectivity index (χ4n) is 5.14. The molecule has 3 heterocycles. The van der Waals surface area contributed by atoms with Gasteiger partial charge in [0.2, 0.25) is 0 Å². The van der Waals surface area contributed by atoms with Crippen LogP contribution in [0.25, 0.3) is 44.5 Å². The molecule has 6 aromatic rings. The molecule has 0 unspecified atom stereocenters. The summed E-state index contributed by atoms with van der Waals surface area (Å²) in [5.74, 6) is -0.116. The minimum absolute atomic E-state index is 0. The topological polar surface area (TPSA) is 38.9 Å². The summed E-state index contributed by atoms with van der Waals surface area (Å²) in [4.78, 5) is 8.90. The molecule has 0 saturated heterocycles. The van der Waals surface area contributed by atoms with E-state index in [2.05, 4.69) is 74.6 Å². The van der Waals surface area contributed by atoms with E-state index in [9.17, 15) is 4.39 Å². The predicted octanol–water partition coefficient (Wildman–Crippen LogP) is 9.49. The first kappa shape index (κ1) is 28.3. The Balaban J connectivity index is 0.000000208. The summed E-state index contributed by atoms with van der Waals surface area (Å²) in [5.41, 5.74) is 6.63. The van der Waals surface area contributed by atoms with Crippen LogP contribution in [0.15, 0.2) is 83.5 Å². The number of hydrogen-bond acceptors (Lipinski definition) is 3. The number of halogens is 1. The smallest absolute Gasteiger partial charge is 0.120 e. The van der Waals surface area contributed by atoms with Crippen molar-refractivity contribution in [2.24, 2.45) is 5.92 Å². The second-order valence-electron chi connectivity index (χ2n) is 12.1. The maximum absolute atomic E-state index is 14.5. The second-order valence-corrected chi connectivity index (χ2v) is 17.1. The van der Waals surface area contributed by atoms with Crippen LogP contribution in [0.1, 0.15) is 34.7 Å². The van der Waals surface area contributed by atoms with Crippen molar-refractivity contribution in [3.63, 3.8) is 0 Å². The van der Waals surface area contributed by atoms with Crippen LogP contribution in [0, 0.1) is 37.6 Å². The van der Waals surface area contributed by atoms with Crippen LogP contribution in [0.5, 0.6) is 0 Å². The molecule has 43 heavy (non-hydrogen) atoms. The van der Waals surface area contributed by atoms with E-state index in [0.717, 1.165) is 45.7 Å². The number of pyridine rings is 2. The molecule has 223 valence electrons. The summed E-state index contributed by atoms with van der Waals surface area (Å²) < 4.78 is 42.7. The largest absolute Gasteiger partial charge is 0.501 e. The zero-order valence-electron chi connectivity index (χ0n) is 28.3. The minimum atomic E-state index is -2.34. The molecule has 3 nitrogen and oxygen atoms in total. The Morgan fingerprint density at radius 1 is 0.930 bits per heavy atom. The maximum atomic E-state index is 14.5. The van der Waals surface area contributed by atoms with Crippen molar-refractivity contribution in [2.45, 2.75) is 53.7 Å². The first-order valence-electron chi connectivity index (χ1n) is 15.7. The minimum Gasteiger partial charge on any atom is -0.501 e. The molecule has 0 fully saturated rings. The third-order valence-corrected chi connectivity index (χ3v) is 9.15. The van der Waals surface area contributed by atoms with Crippen LogP contribution in [-0.2, 0) is 26.5 Å². The van der Waals surface area contributed by atoms with Crippen LogP contribution >= 0.6 is 0 Å². The molecule has 0 spiro atoms. The predicted molar refractivity (Wildman–Crippen MR) is 175 cm³/mol. The number of aromatic nitrogens is 2. The quantitative estimate of drug-likeness (QED) is 0.130. The van der Waals surface area contributed by atoms with Gasteiger partial charge in [-0.3, -0.25) is 4.39 Å². The Kier molecular flexibility index (Phi) is 8.87. The molecular formula is C37H37FIrN2OSi-2. The van der Waals surface area contributed by atoms with E-state index >= 15 is 0 Å². The van der Waals surface area contributed by atoms with Crippen molar-refractivity contribution in [2.75, 3.05) is 0 Å². The second kappa shape index (κ2) is 13.5. The molecule has 0 N–H and O–H groups in total. The van der Waals surface area contributed by atoms with Gasteiger partial charge in [-0.25, -0.2) is 0 Å². The molecule has 0 aliphatic heterocycles.